The lowest BCUT2D eigenvalue weighted by Gasteiger charge is -2.31. The van der Waals surface area contributed by atoms with Gasteiger partial charge in [0.25, 0.3) is 0 Å². The summed E-state index contributed by atoms with van der Waals surface area (Å²) in [5.41, 5.74) is 1.04. The maximum Gasteiger partial charge on any atom is 0.223 e. The molecule has 0 atom stereocenters. The Morgan fingerprint density at radius 3 is 2.74 bits per heavy atom. The van der Waals surface area contributed by atoms with Gasteiger partial charge in [-0.1, -0.05) is 25.5 Å². The Kier molecular flexibility index (Phi) is 7.21. The number of aryl methyl sites for hydroxylation is 1. The normalized spacial score (nSPS) is 15.2. The van der Waals surface area contributed by atoms with Gasteiger partial charge in [-0.25, -0.2) is 4.98 Å². The molecule has 1 aliphatic heterocycles. The van der Waals surface area contributed by atoms with Crippen LogP contribution in [-0.2, 0) is 16.0 Å². The molecule has 0 spiro atoms. The molecule has 0 aliphatic carbocycles. The van der Waals surface area contributed by atoms with Crippen LogP contribution < -0.4 is 5.32 Å². The number of piperidine rings is 1. The van der Waals surface area contributed by atoms with E-state index in [1.165, 1.54) is 4.70 Å². The molecule has 0 saturated carbocycles. The monoisotopic (exact) mass is 387 g/mol. The zero-order chi connectivity index (χ0) is 19.1. The van der Waals surface area contributed by atoms with Crippen LogP contribution in [0.3, 0.4) is 0 Å². The number of carbonyl (C=O) groups is 2. The predicted molar refractivity (Wildman–Crippen MR) is 110 cm³/mol. The van der Waals surface area contributed by atoms with Gasteiger partial charge in [-0.15, -0.1) is 11.3 Å². The summed E-state index contributed by atoms with van der Waals surface area (Å²) in [6.07, 6.45) is 5.91. The molecule has 146 valence electrons. The summed E-state index contributed by atoms with van der Waals surface area (Å²) < 4.78 is 1.21. The summed E-state index contributed by atoms with van der Waals surface area (Å²) in [6, 6.07) is 8.15. The fourth-order valence-corrected chi connectivity index (χ4v) is 4.51. The fourth-order valence-electron chi connectivity index (χ4n) is 3.50. The molecule has 1 N–H and O–H groups in total. The molecule has 1 aromatic heterocycles. The molecule has 6 heteroatoms. The maximum atomic E-state index is 12.5. The molecule has 1 fully saturated rings. The molecule has 0 bridgehead atoms. The molecular formula is C21H29N3O2S. The number of fused-ring (bicyclic) bond motifs is 1. The smallest absolute Gasteiger partial charge is 0.223 e. The zero-order valence-electron chi connectivity index (χ0n) is 16.1. The van der Waals surface area contributed by atoms with Gasteiger partial charge in [-0.2, -0.15) is 0 Å². The van der Waals surface area contributed by atoms with E-state index in [1.54, 1.807) is 11.3 Å². The molecule has 1 aromatic carbocycles. The van der Waals surface area contributed by atoms with Crippen LogP contribution in [0.5, 0.6) is 0 Å². The minimum Gasteiger partial charge on any atom is -0.356 e. The maximum absolute atomic E-state index is 12.5. The highest BCUT2D eigenvalue weighted by Crippen LogP contribution is 2.23. The van der Waals surface area contributed by atoms with Crippen LogP contribution in [-0.4, -0.2) is 41.3 Å². The van der Waals surface area contributed by atoms with Gasteiger partial charge in [0, 0.05) is 32.0 Å². The molecule has 3 rings (SSSR count). The zero-order valence-corrected chi connectivity index (χ0v) is 16.9. The lowest BCUT2D eigenvalue weighted by molar-refractivity contribution is -0.135. The average molecular weight is 388 g/mol. The van der Waals surface area contributed by atoms with Gasteiger partial charge in [0.05, 0.1) is 15.2 Å². The van der Waals surface area contributed by atoms with Crippen LogP contribution in [0.25, 0.3) is 10.2 Å². The third kappa shape index (κ3) is 5.51. The van der Waals surface area contributed by atoms with Crippen molar-refractivity contribution >= 4 is 33.4 Å². The van der Waals surface area contributed by atoms with E-state index in [2.05, 4.69) is 23.3 Å². The lowest BCUT2D eigenvalue weighted by atomic mass is 9.95. The van der Waals surface area contributed by atoms with Gasteiger partial charge >= 0.3 is 0 Å². The third-order valence-corrected chi connectivity index (χ3v) is 6.26. The minimum atomic E-state index is 0.0636. The Bertz CT molecular complexity index is 733. The van der Waals surface area contributed by atoms with Crippen molar-refractivity contribution in [2.45, 2.75) is 51.9 Å². The number of likely N-dealkylation sites (tertiary alicyclic amines) is 1. The average Bonchev–Trinajstić information content (AvgIpc) is 3.11. The first-order chi connectivity index (χ1) is 13.2. The van der Waals surface area contributed by atoms with Gasteiger partial charge in [0.1, 0.15) is 0 Å². The number of para-hydroxylation sites is 1. The van der Waals surface area contributed by atoms with Gasteiger partial charge in [0.15, 0.2) is 0 Å². The third-order valence-electron chi connectivity index (χ3n) is 5.17. The second-order valence-electron chi connectivity index (χ2n) is 7.23. The number of rotatable bonds is 8. The number of hydrogen-bond donors (Lipinski definition) is 1. The van der Waals surface area contributed by atoms with E-state index in [0.717, 1.165) is 55.6 Å². The van der Waals surface area contributed by atoms with Crippen molar-refractivity contribution in [2.75, 3.05) is 19.6 Å². The number of amides is 2. The van der Waals surface area contributed by atoms with Gasteiger partial charge in [-0.05, 0) is 44.2 Å². The Hall–Kier alpha value is -1.95. The van der Waals surface area contributed by atoms with E-state index in [1.807, 2.05) is 23.1 Å². The summed E-state index contributed by atoms with van der Waals surface area (Å²) in [4.78, 5) is 31.1. The number of aromatic nitrogens is 1. The van der Waals surface area contributed by atoms with Crippen molar-refractivity contribution in [3.63, 3.8) is 0 Å². The number of nitrogens with zero attached hydrogens (tertiary/aromatic N) is 2. The predicted octanol–water partition coefficient (Wildman–Crippen LogP) is 3.77. The van der Waals surface area contributed by atoms with Crippen molar-refractivity contribution < 1.29 is 9.59 Å². The summed E-state index contributed by atoms with van der Waals surface area (Å²) in [6.45, 7) is 4.28. The Labute approximate surface area is 165 Å². The van der Waals surface area contributed by atoms with E-state index in [9.17, 15) is 9.59 Å². The van der Waals surface area contributed by atoms with Crippen LogP contribution in [0.4, 0.5) is 0 Å². The molecule has 1 saturated heterocycles. The lowest BCUT2D eigenvalue weighted by Crippen LogP contribution is -2.43. The Morgan fingerprint density at radius 1 is 1.22 bits per heavy atom. The molecule has 27 heavy (non-hydrogen) atoms. The second kappa shape index (κ2) is 9.83. The topological polar surface area (TPSA) is 62.3 Å². The van der Waals surface area contributed by atoms with Crippen LogP contribution in [0, 0.1) is 5.92 Å². The number of unbranched alkanes of at least 4 members (excludes halogenated alkanes) is 1. The molecular weight excluding hydrogens is 358 g/mol. The van der Waals surface area contributed by atoms with Crippen LogP contribution in [0.15, 0.2) is 24.3 Å². The van der Waals surface area contributed by atoms with E-state index < -0.39 is 0 Å². The van der Waals surface area contributed by atoms with Crippen molar-refractivity contribution in [3.05, 3.63) is 29.3 Å². The number of carbonyl (C=O) groups excluding carboxylic acids is 2. The van der Waals surface area contributed by atoms with Crippen molar-refractivity contribution in [2.24, 2.45) is 5.92 Å². The number of thiazole rings is 1. The largest absolute Gasteiger partial charge is 0.356 e. The van der Waals surface area contributed by atoms with E-state index >= 15 is 0 Å². The first-order valence-electron chi connectivity index (χ1n) is 10.1. The fraction of sp³-hybridized carbons (Fsp3) is 0.571. The summed E-state index contributed by atoms with van der Waals surface area (Å²) in [5.74, 6) is 0.431. The minimum absolute atomic E-state index is 0.0636. The number of nitrogens with one attached hydrogen (secondary N) is 1. The molecule has 0 unspecified atom stereocenters. The molecule has 2 heterocycles. The Balaban J connectivity index is 1.37. The number of hydrogen-bond acceptors (Lipinski definition) is 4. The van der Waals surface area contributed by atoms with Crippen molar-refractivity contribution in [1.82, 2.24) is 15.2 Å². The SMILES string of the molecule is CCCCNC(=O)C1CCN(C(=O)CCCc2nc3ccccc3s2)CC1. The van der Waals surface area contributed by atoms with Crippen molar-refractivity contribution in [3.8, 4) is 0 Å². The van der Waals surface area contributed by atoms with Crippen molar-refractivity contribution in [1.29, 1.82) is 0 Å². The molecule has 2 amide bonds. The highest BCUT2D eigenvalue weighted by molar-refractivity contribution is 7.18. The molecule has 2 aromatic rings. The standard InChI is InChI=1S/C21H29N3O2S/c1-2-3-13-22-21(26)16-11-14-24(15-12-16)20(25)10-6-9-19-23-17-7-4-5-8-18(17)27-19/h4-5,7-8,16H,2-3,6,9-15H2,1H3,(H,22,26). The quantitative estimate of drug-likeness (QED) is 0.701. The first kappa shape index (κ1) is 19.8. The van der Waals surface area contributed by atoms with E-state index in [4.69, 9.17) is 0 Å². The van der Waals surface area contributed by atoms with Crippen LogP contribution in [0.1, 0.15) is 50.5 Å². The number of benzene rings is 1. The molecule has 5 nitrogen and oxygen atoms in total. The summed E-state index contributed by atoms with van der Waals surface area (Å²) in [5, 5.41) is 4.12. The van der Waals surface area contributed by atoms with Gasteiger partial charge in [-0.3, -0.25) is 9.59 Å². The molecule has 0 radical (unpaired) electrons. The molecule has 1 aliphatic rings. The van der Waals surface area contributed by atoms with Gasteiger partial charge in [0.2, 0.25) is 11.8 Å². The van der Waals surface area contributed by atoms with E-state index in [-0.39, 0.29) is 17.7 Å². The highest BCUT2D eigenvalue weighted by Gasteiger charge is 2.26. The second-order valence-corrected chi connectivity index (χ2v) is 8.34. The van der Waals surface area contributed by atoms with Crippen LogP contribution >= 0.6 is 11.3 Å². The summed E-state index contributed by atoms with van der Waals surface area (Å²) >= 11 is 1.72. The van der Waals surface area contributed by atoms with Crippen LogP contribution in [0.2, 0.25) is 0 Å². The highest BCUT2D eigenvalue weighted by atomic mass is 32.1. The summed E-state index contributed by atoms with van der Waals surface area (Å²) in [7, 11) is 0. The van der Waals surface area contributed by atoms with E-state index in [0.29, 0.717) is 19.5 Å². The van der Waals surface area contributed by atoms with Gasteiger partial charge < -0.3 is 10.2 Å². The Morgan fingerprint density at radius 2 is 2.00 bits per heavy atom. The first-order valence-corrected chi connectivity index (χ1v) is 10.9.